The highest BCUT2D eigenvalue weighted by atomic mass is 16.3. The van der Waals surface area contributed by atoms with E-state index in [4.69, 9.17) is 4.42 Å². The Labute approximate surface area is 171 Å². The monoisotopic (exact) mass is 392 g/mol. The number of hydrogen-bond acceptors (Lipinski definition) is 3. The maximum Gasteiger partial charge on any atom is 0.289 e. The Morgan fingerprint density at radius 3 is 2.62 bits per heavy atom. The average molecular weight is 392 g/mol. The summed E-state index contributed by atoms with van der Waals surface area (Å²) in [5, 5.41) is 3.13. The summed E-state index contributed by atoms with van der Waals surface area (Å²) in [4.78, 5) is 27.0. The lowest BCUT2D eigenvalue weighted by Gasteiger charge is -2.40. The van der Waals surface area contributed by atoms with Crippen LogP contribution in [0.2, 0.25) is 0 Å². The number of hydrogen-bond donors (Lipinski definition) is 1. The van der Waals surface area contributed by atoms with Gasteiger partial charge in [-0.2, -0.15) is 0 Å². The molecule has 0 bridgehead atoms. The number of likely N-dealkylation sites (tertiary alicyclic amines) is 1. The minimum Gasteiger partial charge on any atom is -0.459 e. The standard InChI is InChI=1S/C24H28N2O3/c27-22(25-16-17-7-8-17)14-18-15-24(20-5-2-1-4-19(18)20)9-11-26(12-10-24)23(28)21-6-3-13-29-21/h1-6,13,17-18H,7-12,14-16H2,(H,25,27). The van der Waals surface area contributed by atoms with Gasteiger partial charge in [-0.3, -0.25) is 9.59 Å². The van der Waals surface area contributed by atoms with Crippen LogP contribution in [0.1, 0.15) is 66.1 Å². The molecule has 1 N–H and O–H groups in total. The molecule has 29 heavy (non-hydrogen) atoms. The molecule has 2 aliphatic carbocycles. The van der Waals surface area contributed by atoms with Crippen molar-refractivity contribution in [2.75, 3.05) is 19.6 Å². The first-order chi connectivity index (χ1) is 14.1. The smallest absolute Gasteiger partial charge is 0.289 e. The highest BCUT2D eigenvalue weighted by Crippen LogP contribution is 2.52. The molecule has 1 aromatic carbocycles. The van der Waals surface area contributed by atoms with Gasteiger partial charge in [0, 0.05) is 26.1 Å². The van der Waals surface area contributed by atoms with Crippen LogP contribution >= 0.6 is 0 Å². The Bertz CT molecular complexity index is 893. The number of nitrogens with zero attached hydrogens (tertiary/aromatic N) is 1. The van der Waals surface area contributed by atoms with E-state index in [1.165, 1.54) is 24.0 Å². The predicted molar refractivity (Wildman–Crippen MR) is 110 cm³/mol. The van der Waals surface area contributed by atoms with Crippen LogP contribution in [0.4, 0.5) is 0 Å². The van der Waals surface area contributed by atoms with Crippen molar-refractivity contribution in [1.82, 2.24) is 10.2 Å². The SMILES string of the molecule is O=C(CC1CC2(CCN(C(=O)c3ccco3)CC2)c2ccccc21)NCC1CC1. The largest absolute Gasteiger partial charge is 0.459 e. The quantitative estimate of drug-likeness (QED) is 0.841. The molecule has 5 rings (SSSR count). The van der Waals surface area contributed by atoms with Crippen LogP contribution in [0.5, 0.6) is 0 Å². The zero-order valence-electron chi connectivity index (χ0n) is 16.7. The van der Waals surface area contributed by atoms with E-state index in [-0.39, 0.29) is 23.1 Å². The van der Waals surface area contributed by atoms with Crippen molar-refractivity contribution < 1.29 is 14.0 Å². The van der Waals surface area contributed by atoms with E-state index >= 15 is 0 Å². The molecule has 3 aliphatic rings. The van der Waals surface area contributed by atoms with Crippen LogP contribution in [0.3, 0.4) is 0 Å². The van der Waals surface area contributed by atoms with E-state index in [2.05, 4.69) is 29.6 Å². The Balaban J connectivity index is 1.28. The summed E-state index contributed by atoms with van der Waals surface area (Å²) in [5.41, 5.74) is 2.81. The van der Waals surface area contributed by atoms with Crippen molar-refractivity contribution in [3.63, 3.8) is 0 Å². The second kappa shape index (κ2) is 7.36. The van der Waals surface area contributed by atoms with Gasteiger partial charge in [-0.25, -0.2) is 0 Å². The number of benzene rings is 1. The van der Waals surface area contributed by atoms with Gasteiger partial charge in [0.05, 0.1) is 6.26 Å². The molecular formula is C24H28N2O3. The third-order valence-electron chi connectivity index (χ3n) is 7.07. The molecule has 5 nitrogen and oxygen atoms in total. The number of nitrogens with one attached hydrogen (secondary N) is 1. The number of carbonyl (C=O) groups excluding carboxylic acids is 2. The summed E-state index contributed by atoms with van der Waals surface area (Å²) in [6.07, 6.45) is 7.51. The third kappa shape index (κ3) is 3.59. The number of piperidine rings is 1. The predicted octanol–water partition coefficient (Wildman–Crippen LogP) is 3.86. The van der Waals surface area contributed by atoms with E-state index in [1.807, 2.05) is 4.90 Å². The molecule has 1 saturated heterocycles. The first-order valence-electron chi connectivity index (χ1n) is 10.8. The first-order valence-corrected chi connectivity index (χ1v) is 10.8. The summed E-state index contributed by atoms with van der Waals surface area (Å²) < 4.78 is 5.29. The molecule has 1 saturated carbocycles. The van der Waals surface area contributed by atoms with Gasteiger partial charge in [0.2, 0.25) is 5.91 Å². The molecule has 2 aromatic rings. The molecule has 1 aromatic heterocycles. The third-order valence-corrected chi connectivity index (χ3v) is 7.07. The van der Waals surface area contributed by atoms with Gasteiger partial charge in [0.15, 0.2) is 5.76 Å². The van der Waals surface area contributed by atoms with Crippen molar-refractivity contribution in [3.05, 3.63) is 59.5 Å². The van der Waals surface area contributed by atoms with Crippen molar-refractivity contribution in [2.24, 2.45) is 5.92 Å². The topological polar surface area (TPSA) is 62.6 Å². The van der Waals surface area contributed by atoms with Crippen LogP contribution in [0, 0.1) is 5.92 Å². The number of amides is 2. The van der Waals surface area contributed by atoms with Crippen LogP contribution in [-0.4, -0.2) is 36.3 Å². The molecule has 2 heterocycles. The van der Waals surface area contributed by atoms with Crippen LogP contribution in [0.15, 0.2) is 47.1 Å². The molecular weight excluding hydrogens is 364 g/mol. The highest BCUT2D eigenvalue weighted by molar-refractivity contribution is 5.91. The van der Waals surface area contributed by atoms with Crippen LogP contribution < -0.4 is 5.32 Å². The van der Waals surface area contributed by atoms with Gasteiger partial charge in [-0.05, 0) is 72.6 Å². The molecule has 2 amide bonds. The van der Waals surface area contributed by atoms with Gasteiger partial charge in [0.1, 0.15) is 0 Å². The summed E-state index contributed by atoms with van der Waals surface area (Å²) >= 11 is 0. The molecule has 2 fully saturated rings. The lowest BCUT2D eigenvalue weighted by Crippen LogP contribution is -2.44. The fraction of sp³-hybridized carbons (Fsp3) is 0.500. The van der Waals surface area contributed by atoms with E-state index < -0.39 is 0 Å². The van der Waals surface area contributed by atoms with Crippen LogP contribution in [-0.2, 0) is 10.2 Å². The van der Waals surface area contributed by atoms with E-state index in [1.54, 1.807) is 18.4 Å². The number of fused-ring (bicyclic) bond motifs is 2. The summed E-state index contributed by atoms with van der Waals surface area (Å²) in [5.74, 6) is 1.55. The Kier molecular flexibility index (Phi) is 4.69. The van der Waals surface area contributed by atoms with Gasteiger partial charge in [-0.1, -0.05) is 24.3 Å². The van der Waals surface area contributed by atoms with Crippen molar-refractivity contribution in [3.8, 4) is 0 Å². The van der Waals surface area contributed by atoms with E-state index in [9.17, 15) is 9.59 Å². The molecule has 1 atom stereocenters. The van der Waals surface area contributed by atoms with Gasteiger partial charge in [0.25, 0.3) is 5.91 Å². The van der Waals surface area contributed by atoms with Crippen molar-refractivity contribution >= 4 is 11.8 Å². The van der Waals surface area contributed by atoms with Gasteiger partial charge >= 0.3 is 0 Å². The Morgan fingerprint density at radius 1 is 1.10 bits per heavy atom. The highest BCUT2D eigenvalue weighted by Gasteiger charge is 2.46. The minimum absolute atomic E-state index is 0.0212. The van der Waals surface area contributed by atoms with Crippen LogP contribution in [0.25, 0.3) is 0 Å². The maximum atomic E-state index is 12.6. The fourth-order valence-corrected chi connectivity index (χ4v) is 5.25. The van der Waals surface area contributed by atoms with Gasteiger partial charge in [-0.15, -0.1) is 0 Å². The fourth-order valence-electron chi connectivity index (χ4n) is 5.25. The number of furan rings is 1. The second-order valence-electron chi connectivity index (χ2n) is 8.99. The molecule has 1 spiro atoms. The Hall–Kier alpha value is -2.56. The Morgan fingerprint density at radius 2 is 1.90 bits per heavy atom. The number of rotatable bonds is 5. The zero-order chi connectivity index (χ0) is 19.8. The average Bonchev–Trinajstić information content (AvgIpc) is 3.33. The van der Waals surface area contributed by atoms with E-state index in [0.717, 1.165) is 38.9 Å². The number of carbonyl (C=O) groups is 2. The maximum absolute atomic E-state index is 12.6. The first kappa shape index (κ1) is 18.5. The zero-order valence-corrected chi connectivity index (χ0v) is 16.7. The summed E-state index contributed by atoms with van der Waals surface area (Å²) in [7, 11) is 0. The lowest BCUT2D eigenvalue weighted by atomic mass is 9.73. The molecule has 1 unspecified atom stereocenters. The summed E-state index contributed by atoms with van der Waals surface area (Å²) in [6, 6.07) is 12.1. The minimum atomic E-state index is -0.0212. The van der Waals surface area contributed by atoms with Crippen molar-refractivity contribution in [1.29, 1.82) is 0 Å². The second-order valence-corrected chi connectivity index (χ2v) is 8.99. The normalized spacial score (nSPS) is 22.5. The molecule has 5 heteroatoms. The molecule has 0 radical (unpaired) electrons. The molecule has 1 aliphatic heterocycles. The van der Waals surface area contributed by atoms with Gasteiger partial charge < -0.3 is 14.6 Å². The summed E-state index contributed by atoms with van der Waals surface area (Å²) in [6.45, 7) is 2.30. The molecule has 152 valence electrons. The van der Waals surface area contributed by atoms with E-state index in [0.29, 0.717) is 18.1 Å². The lowest BCUT2D eigenvalue weighted by molar-refractivity contribution is -0.121. The van der Waals surface area contributed by atoms with Crippen molar-refractivity contribution in [2.45, 2.75) is 49.9 Å².